The van der Waals surface area contributed by atoms with Crippen LogP contribution in [0.4, 0.5) is 5.88 Å². The van der Waals surface area contributed by atoms with Crippen molar-refractivity contribution in [2.45, 2.75) is 38.6 Å². The van der Waals surface area contributed by atoms with Gasteiger partial charge in [0, 0.05) is 18.7 Å². The minimum atomic E-state index is -0.701. The maximum Gasteiger partial charge on any atom is 0.433 e. The third-order valence-electron chi connectivity index (χ3n) is 3.93. The number of carbonyl (C=O) groups excluding carboxylic acids is 2. The summed E-state index contributed by atoms with van der Waals surface area (Å²) in [6, 6.07) is 2.77. The Labute approximate surface area is 139 Å². The normalized spacial score (nSPS) is 17.9. The van der Waals surface area contributed by atoms with E-state index in [0.29, 0.717) is 6.54 Å². The first-order chi connectivity index (χ1) is 11.5. The van der Waals surface area contributed by atoms with E-state index in [4.69, 9.17) is 9.15 Å². The van der Waals surface area contributed by atoms with Gasteiger partial charge in [-0.1, -0.05) is 6.92 Å². The summed E-state index contributed by atoms with van der Waals surface area (Å²) in [4.78, 5) is 35.4. The number of esters is 1. The highest BCUT2D eigenvalue weighted by molar-refractivity contribution is 5.89. The molecule has 1 aliphatic heterocycles. The number of nitrogens with zero attached hydrogens (tertiary/aromatic N) is 2. The number of rotatable bonds is 6. The van der Waals surface area contributed by atoms with Crippen LogP contribution >= 0.6 is 0 Å². The molecule has 0 saturated carbocycles. The van der Waals surface area contributed by atoms with Crippen LogP contribution in [0.25, 0.3) is 6.08 Å². The van der Waals surface area contributed by atoms with Crippen LogP contribution in [-0.4, -0.2) is 40.9 Å². The zero-order valence-corrected chi connectivity index (χ0v) is 13.5. The molecule has 1 aromatic heterocycles. The lowest BCUT2D eigenvalue weighted by Crippen LogP contribution is -2.45. The van der Waals surface area contributed by atoms with Crippen molar-refractivity contribution in [2.75, 3.05) is 13.2 Å². The Morgan fingerprint density at radius 3 is 2.92 bits per heavy atom. The molecule has 24 heavy (non-hydrogen) atoms. The molecule has 0 unspecified atom stereocenters. The van der Waals surface area contributed by atoms with E-state index in [2.05, 4.69) is 0 Å². The minimum absolute atomic E-state index is 0.159. The fourth-order valence-corrected chi connectivity index (χ4v) is 2.70. The lowest BCUT2D eigenvalue weighted by atomic mass is 10.00. The van der Waals surface area contributed by atoms with Gasteiger partial charge in [0.15, 0.2) is 6.61 Å². The van der Waals surface area contributed by atoms with E-state index in [9.17, 15) is 19.7 Å². The van der Waals surface area contributed by atoms with Crippen LogP contribution in [-0.2, 0) is 14.3 Å². The van der Waals surface area contributed by atoms with Gasteiger partial charge in [0.05, 0.1) is 6.07 Å². The van der Waals surface area contributed by atoms with E-state index < -0.39 is 16.8 Å². The molecule has 0 bridgehead atoms. The second-order valence-corrected chi connectivity index (χ2v) is 5.52. The number of piperidine rings is 1. The lowest BCUT2D eigenvalue weighted by Gasteiger charge is -2.35. The maximum absolute atomic E-state index is 12.2. The molecule has 1 amide bonds. The monoisotopic (exact) mass is 336 g/mol. The fourth-order valence-electron chi connectivity index (χ4n) is 2.70. The molecule has 2 heterocycles. The van der Waals surface area contributed by atoms with E-state index in [1.54, 1.807) is 4.90 Å². The Hall–Kier alpha value is -2.64. The van der Waals surface area contributed by atoms with E-state index >= 15 is 0 Å². The Morgan fingerprint density at radius 1 is 1.46 bits per heavy atom. The first-order valence-corrected chi connectivity index (χ1v) is 7.89. The summed E-state index contributed by atoms with van der Waals surface area (Å²) < 4.78 is 9.81. The van der Waals surface area contributed by atoms with Crippen LogP contribution < -0.4 is 0 Å². The smallest absolute Gasteiger partial charge is 0.433 e. The van der Waals surface area contributed by atoms with Crippen LogP contribution in [0.15, 0.2) is 22.6 Å². The molecule has 2 rings (SSSR count). The summed E-state index contributed by atoms with van der Waals surface area (Å²) in [7, 11) is 0. The largest absolute Gasteiger partial charge is 0.452 e. The van der Waals surface area contributed by atoms with Crippen LogP contribution in [0, 0.1) is 10.1 Å². The number of ether oxygens (including phenoxy) is 1. The van der Waals surface area contributed by atoms with E-state index in [1.807, 2.05) is 6.92 Å². The molecule has 0 aromatic carbocycles. The van der Waals surface area contributed by atoms with Gasteiger partial charge in [-0.05, 0) is 37.8 Å². The molecular formula is C16H20N2O6. The van der Waals surface area contributed by atoms with Gasteiger partial charge in [-0.15, -0.1) is 0 Å². The van der Waals surface area contributed by atoms with Crippen molar-refractivity contribution in [3.05, 3.63) is 34.1 Å². The third kappa shape index (κ3) is 4.68. The Kier molecular flexibility index (Phi) is 6.11. The Balaban J connectivity index is 1.82. The summed E-state index contributed by atoms with van der Waals surface area (Å²) in [6.45, 7) is 2.42. The molecule has 0 spiro atoms. The topological polar surface area (TPSA) is 103 Å². The van der Waals surface area contributed by atoms with E-state index in [-0.39, 0.29) is 24.3 Å². The average Bonchev–Trinajstić information content (AvgIpc) is 3.07. The number of carbonyl (C=O) groups is 2. The molecule has 0 aliphatic carbocycles. The van der Waals surface area contributed by atoms with Gasteiger partial charge in [0.2, 0.25) is 0 Å². The van der Waals surface area contributed by atoms with Crippen LogP contribution in [0.5, 0.6) is 0 Å². The van der Waals surface area contributed by atoms with Gasteiger partial charge in [-0.2, -0.15) is 0 Å². The third-order valence-corrected chi connectivity index (χ3v) is 3.93. The second kappa shape index (κ2) is 8.28. The fraction of sp³-hybridized carbons (Fsp3) is 0.500. The Bertz CT molecular complexity index is 636. The summed E-state index contributed by atoms with van der Waals surface area (Å²) in [6.07, 6.45) is 6.27. The van der Waals surface area contributed by atoms with Gasteiger partial charge >= 0.3 is 11.9 Å². The van der Waals surface area contributed by atoms with Crippen molar-refractivity contribution < 1.29 is 23.7 Å². The molecule has 1 saturated heterocycles. The number of amides is 1. The second-order valence-electron chi connectivity index (χ2n) is 5.52. The zero-order valence-electron chi connectivity index (χ0n) is 13.5. The quantitative estimate of drug-likeness (QED) is 0.342. The summed E-state index contributed by atoms with van der Waals surface area (Å²) in [5, 5.41) is 10.5. The number of nitro groups is 1. The van der Waals surface area contributed by atoms with Gasteiger partial charge < -0.3 is 14.1 Å². The van der Waals surface area contributed by atoms with Crippen molar-refractivity contribution in [1.29, 1.82) is 0 Å². The van der Waals surface area contributed by atoms with Crippen molar-refractivity contribution >= 4 is 23.8 Å². The van der Waals surface area contributed by atoms with Crippen molar-refractivity contribution in [1.82, 2.24) is 4.90 Å². The molecule has 130 valence electrons. The maximum atomic E-state index is 12.2. The highest BCUT2D eigenvalue weighted by atomic mass is 16.6. The summed E-state index contributed by atoms with van der Waals surface area (Å²) >= 11 is 0. The number of likely N-dealkylation sites (tertiary alicyclic amines) is 1. The zero-order chi connectivity index (χ0) is 17.5. The SMILES string of the molecule is CC[C@@H]1CCCCN1C(=O)COC(=O)/C=C/c1ccc([N+](=O)[O-])o1. The molecule has 0 N–H and O–H groups in total. The molecule has 8 heteroatoms. The molecular weight excluding hydrogens is 316 g/mol. The molecule has 1 aliphatic rings. The standard InChI is InChI=1S/C16H20N2O6/c1-2-12-5-3-4-10-17(12)14(19)11-23-16(20)9-7-13-6-8-15(24-13)18(21)22/h6-9,12H,2-5,10-11H2,1H3/b9-7+/t12-/m1/s1. The predicted octanol–water partition coefficient (Wildman–Crippen LogP) is 2.54. The predicted molar refractivity (Wildman–Crippen MR) is 85.0 cm³/mol. The average molecular weight is 336 g/mol. The van der Waals surface area contributed by atoms with E-state index in [1.165, 1.54) is 18.2 Å². The van der Waals surface area contributed by atoms with Gasteiger partial charge in [0.25, 0.3) is 5.91 Å². The van der Waals surface area contributed by atoms with E-state index in [0.717, 1.165) is 31.8 Å². The van der Waals surface area contributed by atoms with Gasteiger partial charge in [-0.25, -0.2) is 4.79 Å². The van der Waals surface area contributed by atoms with Crippen molar-refractivity contribution in [3.63, 3.8) is 0 Å². The molecule has 1 atom stereocenters. The molecule has 1 fully saturated rings. The number of furan rings is 1. The summed E-state index contributed by atoms with van der Waals surface area (Å²) in [5.41, 5.74) is 0. The highest BCUT2D eigenvalue weighted by Crippen LogP contribution is 2.19. The van der Waals surface area contributed by atoms with Crippen LogP contribution in [0.1, 0.15) is 38.4 Å². The molecule has 8 nitrogen and oxygen atoms in total. The van der Waals surface area contributed by atoms with Gasteiger partial charge in [0.1, 0.15) is 10.7 Å². The Morgan fingerprint density at radius 2 is 2.25 bits per heavy atom. The van der Waals surface area contributed by atoms with Crippen molar-refractivity contribution in [3.8, 4) is 0 Å². The number of hydrogen-bond acceptors (Lipinski definition) is 6. The molecule has 0 radical (unpaired) electrons. The minimum Gasteiger partial charge on any atom is -0.452 e. The first kappa shape index (κ1) is 17.7. The number of hydrogen-bond donors (Lipinski definition) is 0. The molecule has 1 aromatic rings. The van der Waals surface area contributed by atoms with Crippen LogP contribution in [0.3, 0.4) is 0 Å². The highest BCUT2D eigenvalue weighted by Gasteiger charge is 2.25. The van der Waals surface area contributed by atoms with Gasteiger partial charge in [-0.3, -0.25) is 14.9 Å². The first-order valence-electron chi connectivity index (χ1n) is 7.89. The van der Waals surface area contributed by atoms with Crippen molar-refractivity contribution in [2.24, 2.45) is 0 Å². The lowest BCUT2D eigenvalue weighted by molar-refractivity contribution is -0.402. The van der Waals surface area contributed by atoms with Crippen LogP contribution in [0.2, 0.25) is 0 Å². The summed E-state index contributed by atoms with van der Waals surface area (Å²) in [5.74, 6) is -1.15.